The van der Waals surface area contributed by atoms with Crippen LogP contribution in [0.15, 0.2) is 41.3 Å². The zero-order valence-corrected chi connectivity index (χ0v) is 14.9. The Morgan fingerprint density at radius 3 is 2.62 bits per heavy atom. The number of hydrogen-bond donors (Lipinski definition) is 0. The largest absolute Gasteiger partial charge is 0.495 e. The normalized spacial score (nSPS) is 16.2. The summed E-state index contributed by atoms with van der Waals surface area (Å²) in [4.78, 5) is 12.3. The Morgan fingerprint density at radius 2 is 1.85 bits per heavy atom. The molecule has 26 heavy (non-hydrogen) atoms. The molecule has 0 unspecified atom stereocenters. The predicted octanol–water partition coefficient (Wildman–Crippen LogP) is 2.25. The maximum Gasteiger partial charge on any atom is 0.264 e. The number of nitrogens with zero attached hydrogens (tertiary/aromatic N) is 1. The van der Waals surface area contributed by atoms with Gasteiger partial charge in [-0.05, 0) is 24.3 Å². The van der Waals surface area contributed by atoms with E-state index in [0.29, 0.717) is 36.0 Å². The quantitative estimate of drug-likeness (QED) is 0.818. The summed E-state index contributed by atoms with van der Waals surface area (Å²) in [7, 11) is -2.45. The predicted molar refractivity (Wildman–Crippen MR) is 93.9 cm³/mol. The number of hydrogen-bond acceptors (Lipinski definition) is 6. The van der Waals surface area contributed by atoms with Gasteiger partial charge in [0.2, 0.25) is 0 Å². The maximum absolute atomic E-state index is 13.3. The minimum absolute atomic E-state index is 0.0585. The van der Waals surface area contributed by atoms with E-state index in [-0.39, 0.29) is 29.3 Å². The van der Waals surface area contributed by atoms with Gasteiger partial charge in [0.25, 0.3) is 10.0 Å². The molecule has 0 amide bonds. The molecule has 2 aromatic carbocycles. The van der Waals surface area contributed by atoms with Crippen LogP contribution in [0.3, 0.4) is 0 Å². The van der Waals surface area contributed by atoms with E-state index in [1.54, 1.807) is 24.3 Å². The first-order valence-corrected chi connectivity index (χ1v) is 9.59. The number of ether oxygens (including phenoxy) is 3. The molecular weight excluding hydrogens is 358 g/mol. The standard InChI is InChI=1S/C18H17NO6S/c1-23-16-4-2-3-13-14(20)7-8-19(18(13)16)26(21,22)12-5-6-15-17(11-12)25-10-9-24-15/h2-6,11H,7-10H2,1H3. The molecule has 0 fully saturated rings. The molecule has 0 spiro atoms. The van der Waals surface area contributed by atoms with Gasteiger partial charge in [-0.1, -0.05) is 6.07 Å². The van der Waals surface area contributed by atoms with E-state index >= 15 is 0 Å². The molecule has 2 heterocycles. The zero-order chi connectivity index (χ0) is 18.3. The molecule has 7 nitrogen and oxygen atoms in total. The van der Waals surface area contributed by atoms with Crippen molar-refractivity contribution >= 4 is 21.5 Å². The Morgan fingerprint density at radius 1 is 1.08 bits per heavy atom. The molecule has 0 saturated carbocycles. The van der Waals surface area contributed by atoms with Crippen LogP contribution in [0.2, 0.25) is 0 Å². The van der Waals surface area contributed by atoms with Crippen molar-refractivity contribution in [1.29, 1.82) is 0 Å². The van der Waals surface area contributed by atoms with Crippen LogP contribution in [0.5, 0.6) is 17.2 Å². The summed E-state index contributed by atoms with van der Waals surface area (Å²) in [6, 6.07) is 9.45. The summed E-state index contributed by atoms with van der Waals surface area (Å²) in [5, 5.41) is 0. The van der Waals surface area contributed by atoms with Gasteiger partial charge < -0.3 is 14.2 Å². The second kappa shape index (κ2) is 6.21. The molecule has 0 aromatic heterocycles. The third-order valence-corrected chi connectivity index (χ3v) is 6.21. The minimum Gasteiger partial charge on any atom is -0.495 e. The molecule has 0 saturated heterocycles. The fourth-order valence-corrected chi connectivity index (χ4v) is 4.68. The fourth-order valence-electron chi connectivity index (χ4n) is 3.17. The van der Waals surface area contributed by atoms with Crippen LogP contribution in [0.25, 0.3) is 0 Å². The van der Waals surface area contributed by atoms with Crippen LogP contribution in [0.1, 0.15) is 16.8 Å². The summed E-state index contributed by atoms with van der Waals surface area (Å²) in [6.45, 7) is 0.853. The Labute approximate surface area is 151 Å². The Hall–Kier alpha value is -2.74. The number of carbonyl (C=O) groups excluding carboxylic acids is 1. The van der Waals surface area contributed by atoms with Gasteiger partial charge >= 0.3 is 0 Å². The van der Waals surface area contributed by atoms with E-state index in [0.717, 1.165) is 0 Å². The van der Waals surface area contributed by atoms with Gasteiger partial charge in [-0.2, -0.15) is 0 Å². The Kier molecular flexibility index (Phi) is 3.99. The summed E-state index contributed by atoms with van der Waals surface area (Å²) in [6.07, 6.45) is 0.115. The van der Waals surface area contributed by atoms with Crippen molar-refractivity contribution in [2.75, 3.05) is 31.2 Å². The van der Waals surface area contributed by atoms with E-state index in [9.17, 15) is 13.2 Å². The summed E-state index contributed by atoms with van der Waals surface area (Å²) >= 11 is 0. The van der Waals surface area contributed by atoms with Gasteiger partial charge in [0, 0.05) is 24.6 Å². The third kappa shape index (κ3) is 2.57. The molecule has 0 radical (unpaired) electrons. The van der Waals surface area contributed by atoms with E-state index in [1.165, 1.54) is 23.5 Å². The molecule has 0 atom stereocenters. The van der Waals surface area contributed by atoms with Crippen LogP contribution in [-0.4, -0.2) is 41.1 Å². The highest BCUT2D eigenvalue weighted by Gasteiger charge is 2.35. The van der Waals surface area contributed by atoms with Crippen LogP contribution < -0.4 is 18.5 Å². The molecular formula is C18H17NO6S. The summed E-state index contributed by atoms with van der Waals surface area (Å²) < 4.78 is 44.0. The number of Topliss-reactive ketones (excluding diaryl/α,β-unsaturated/α-hetero) is 1. The highest BCUT2D eigenvalue weighted by atomic mass is 32.2. The third-order valence-electron chi connectivity index (χ3n) is 4.41. The van der Waals surface area contributed by atoms with Gasteiger partial charge in [-0.25, -0.2) is 8.42 Å². The lowest BCUT2D eigenvalue weighted by molar-refractivity contribution is 0.0981. The summed E-state index contributed by atoms with van der Waals surface area (Å²) in [5.41, 5.74) is 0.623. The number of para-hydroxylation sites is 1. The van der Waals surface area contributed by atoms with Gasteiger partial charge in [-0.3, -0.25) is 9.10 Å². The van der Waals surface area contributed by atoms with Crippen molar-refractivity contribution in [3.05, 3.63) is 42.0 Å². The summed E-state index contributed by atoms with van der Waals surface area (Å²) in [5.74, 6) is 1.15. The molecule has 8 heteroatoms. The number of benzene rings is 2. The molecule has 2 aliphatic heterocycles. The number of ketones is 1. The van der Waals surface area contributed by atoms with Gasteiger partial charge in [0.05, 0.1) is 12.0 Å². The lowest BCUT2D eigenvalue weighted by atomic mass is 10.0. The van der Waals surface area contributed by atoms with Crippen molar-refractivity contribution < 1.29 is 27.4 Å². The minimum atomic E-state index is -3.90. The van der Waals surface area contributed by atoms with Gasteiger partial charge in [-0.15, -0.1) is 0 Å². The van der Waals surface area contributed by atoms with Crippen molar-refractivity contribution in [3.8, 4) is 17.2 Å². The first-order chi connectivity index (χ1) is 12.5. The Bertz CT molecular complexity index is 985. The monoisotopic (exact) mass is 375 g/mol. The van der Waals surface area contributed by atoms with E-state index in [4.69, 9.17) is 14.2 Å². The molecule has 0 N–H and O–H groups in total. The second-order valence-electron chi connectivity index (χ2n) is 5.91. The highest BCUT2D eigenvalue weighted by Crippen LogP contribution is 2.40. The van der Waals surface area contributed by atoms with Crippen molar-refractivity contribution in [3.63, 3.8) is 0 Å². The number of sulfonamides is 1. The fraction of sp³-hybridized carbons (Fsp3) is 0.278. The maximum atomic E-state index is 13.3. The SMILES string of the molecule is COc1cccc2c1N(S(=O)(=O)c1ccc3c(c1)OCCO3)CCC2=O. The first-order valence-electron chi connectivity index (χ1n) is 8.15. The van der Waals surface area contributed by atoms with Gasteiger partial charge in [0.1, 0.15) is 24.7 Å². The van der Waals surface area contributed by atoms with Crippen LogP contribution in [0.4, 0.5) is 5.69 Å². The van der Waals surface area contributed by atoms with Crippen LogP contribution in [0, 0.1) is 0 Å². The van der Waals surface area contributed by atoms with Gasteiger partial charge in [0.15, 0.2) is 17.3 Å². The highest BCUT2D eigenvalue weighted by molar-refractivity contribution is 7.92. The number of carbonyl (C=O) groups is 1. The van der Waals surface area contributed by atoms with Crippen molar-refractivity contribution in [2.45, 2.75) is 11.3 Å². The molecule has 2 aliphatic rings. The molecule has 136 valence electrons. The number of anilines is 1. The van der Waals surface area contributed by atoms with Crippen molar-refractivity contribution in [2.24, 2.45) is 0 Å². The molecule has 2 aromatic rings. The second-order valence-corrected chi connectivity index (χ2v) is 7.77. The molecule has 0 bridgehead atoms. The first kappa shape index (κ1) is 16.7. The zero-order valence-electron chi connectivity index (χ0n) is 14.1. The molecule has 4 rings (SSSR count). The number of rotatable bonds is 3. The topological polar surface area (TPSA) is 82.1 Å². The number of fused-ring (bicyclic) bond motifs is 2. The van der Waals surface area contributed by atoms with E-state index in [1.807, 2.05) is 0 Å². The lowest BCUT2D eigenvalue weighted by Gasteiger charge is -2.31. The van der Waals surface area contributed by atoms with E-state index in [2.05, 4.69) is 0 Å². The number of methoxy groups -OCH3 is 1. The van der Waals surface area contributed by atoms with Crippen LogP contribution in [-0.2, 0) is 10.0 Å². The Balaban J connectivity index is 1.83. The van der Waals surface area contributed by atoms with E-state index < -0.39 is 10.0 Å². The van der Waals surface area contributed by atoms with Crippen molar-refractivity contribution in [1.82, 2.24) is 0 Å². The average molecular weight is 375 g/mol. The average Bonchev–Trinajstić information content (AvgIpc) is 2.67. The smallest absolute Gasteiger partial charge is 0.264 e. The molecule has 0 aliphatic carbocycles. The lowest BCUT2D eigenvalue weighted by Crippen LogP contribution is -2.37. The van der Waals surface area contributed by atoms with Crippen LogP contribution >= 0.6 is 0 Å².